The van der Waals surface area contributed by atoms with Crippen LogP contribution < -0.4 is 10.2 Å². The second-order valence-corrected chi connectivity index (χ2v) is 8.77. The Morgan fingerprint density at radius 2 is 1.90 bits per heavy atom. The smallest absolute Gasteiger partial charge is 0.326 e. The molecule has 0 saturated carbocycles. The maximum Gasteiger partial charge on any atom is 0.326 e. The van der Waals surface area contributed by atoms with E-state index in [2.05, 4.69) is 20.4 Å². The number of carbonyl (C=O) groups is 2. The average molecular weight is 448 g/mol. The number of nitrogens with zero attached hydrogens (tertiary/aromatic N) is 4. The lowest BCUT2D eigenvalue weighted by atomic mass is 10.0. The maximum atomic E-state index is 12.4. The zero-order valence-electron chi connectivity index (χ0n) is 17.9. The van der Waals surface area contributed by atoms with E-state index in [1.54, 1.807) is 0 Å². The fraction of sp³-hybridized carbons (Fsp3) is 0.524. The Morgan fingerprint density at radius 3 is 2.55 bits per heavy atom. The number of benzene rings is 1. The molecule has 1 fully saturated rings. The van der Waals surface area contributed by atoms with Crippen LogP contribution in [0.15, 0.2) is 35.5 Å². The normalized spacial score (nSPS) is 15.1. The highest BCUT2D eigenvalue weighted by atomic mass is 32.2. The standard InChI is InChI=1S/C21H29N5O4S/c1-15(2)12-17(19(28)29)22-18(27)14-31-21-24-23-20(25-8-10-30-11-9-25)26(21)13-16-6-4-3-5-7-16/h3-7,15,17H,8-14H2,1-2H3,(H,22,27)(H,28,29). The molecule has 1 aliphatic rings. The fourth-order valence-corrected chi connectivity index (χ4v) is 4.09. The van der Waals surface area contributed by atoms with Gasteiger partial charge in [0, 0.05) is 13.1 Å². The molecule has 10 heteroatoms. The van der Waals surface area contributed by atoms with Crippen molar-refractivity contribution in [3.05, 3.63) is 35.9 Å². The molecule has 1 amide bonds. The molecule has 1 unspecified atom stereocenters. The van der Waals surface area contributed by atoms with Crippen molar-refractivity contribution in [3.8, 4) is 0 Å². The Kier molecular flexibility index (Phi) is 8.30. The predicted octanol–water partition coefficient (Wildman–Crippen LogP) is 1.87. The van der Waals surface area contributed by atoms with Crippen LogP contribution in [0.2, 0.25) is 0 Å². The summed E-state index contributed by atoms with van der Waals surface area (Å²) < 4.78 is 7.44. The highest BCUT2D eigenvalue weighted by molar-refractivity contribution is 7.99. The summed E-state index contributed by atoms with van der Waals surface area (Å²) in [5.41, 5.74) is 1.10. The van der Waals surface area contributed by atoms with Crippen LogP contribution >= 0.6 is 11.8 Å². The summed E-state index contributed by atoms with van der Waals surface area (Å²) in [5.74, 6) is -0.371. The van der Waals surface area contributed by atoms with Crippen LogP contribution in [0.25, 0.3) is 0 Å². The minimum absolute atomic E-state index is 0.0674. The molecule has 0 radical (unpaired) electrons. The van der Waals surface area contributed by atoms with Gasteiger partial charge in [-0.15, -0.1) is 10.2 Å². The molecular weight excluding hydrogens is 418 g/mol. The van der Waals surface area contributed by atoms with Crippen LogP contribution in [-0.2, 0) is 20.9 Å². The van der Waals surface area contributed by atoms with Crippen molar-refractivity contribution in [2.24, 2.45) is 5.92 Å². The van der Waals surface area contributed by atoms with Crippen LogP contribution in [0, 0.1) is 5.92 Å². The van der Waals surface area contributed by atoms with E-state index >= 15 is 0 Å². The number of hydrogen-bond acceptors (Lipinski definition) is 7. The van der Waals surface area contributed by atoms with Gasteiger partial charge in [0.05, 0.1) is 25.5 Å². The van der Waals surface area contributed by atoms with E-state index in [0.29, 0.717) is 31.3 Å². The van der Waals surface area contributed by atoms with Gasteiger partial charge in [0.2, 0.25) is 11.9 Å². The molecule has 1 saturated heterocycles. The molecule has 1 aromatic heterocycles. The SMILES string of the molecule is CC(C)CC(NC(=O)CSc1nnc(N2CCOCC2)n1Cc1ccccc1)C(=O)O. The summed E-state index contributed by atoms with van der Waals surface area (Å²) >= 11 is 1.26. The van der Waals surface area contributed by atoms with E-state index in [9.17, 15) is 14.7 Å². The van der Waals surface area contributed by atoms with Crippen LogP contribution in [0.1, 0.15) is 25.8 Å². The minimum atomic E-state index is -1.02. The molecular formula is C21H29N5O4S. The Balaban J connectivity index is 1.71. The van der Waals surface area contributed by atoms with Gasteiger partial charge in [-0.2, -0.15) is 0 Å². The van der Waals surface area contributed by atoms with Crippen LogP contribution in [0.4, 0.5) is 5.95 Å². The lowest BCUT2D eigenvalue weighted by molar-refractivity contribution is -0.141. The van der Waals surface area contributed by atoms with Crippen LogP contribution in [0.5, 0.6) is 0 Å². The van der Waals surface area contributed by atoms with Gasteiger partial charge >= 0.3 is 5.97 Å². The first-order chi connectivity index (χ1) is 14.9. The van der Waals surface area contributed by atoms with E-state index in [0.717, 1.165) is 24.6 Å². The molecule has 2 N–H and O–H groups in total. The number of thioether (sulfide) groups is 1. The highest BCUT2D eigenvalue weighted by Crippen LogP contribution is 2.24. The molecule has 0 spiro atoms. The summed E-state index contributed by atoms with van der Waals surface area (Å²) in [5, 5.41) is 21.3. The second kappa shape index (κ2) is 11.1. The molecule has 0 bridgehead atoms. The largest absolute Gasteiger partial charge is 0.480 e. The summed E-state index contributed by atoms with van der Waals surface area (Å²) in [4.78, 5) is 26.0. The van der Waals surface area contributed by atoms with Crippen molar-refractivity contribution in [1.82, 2.24) is 20.1 Å². The van der Waals surface area contributed by atoms with Crippen molar-refractivity contribution in [2.75, 3.05) is 37.0 Å². The van der Waals surface area contributed by atoms with Gasteiger partial charge in [0.25, 0.3) is 0 Å². The molecule has 1 aliphatic heterocycles. The average Bonchev–Trinajstić information content (AvgIpc) is 3.15. The molecule has 0 aliphatic carbocycles. The summed E-state index contributed by atoms with van der Waals surface area (Å²) in [6.45, 7) is 7.16. The van der Waals surface area contributed by atoms with Gasteiger partial charge in [0.15, 0.2) is 5.16 Å². The van der Waals surface area contributed by atoms with Crippen LogP contribution in [0.3, 0.4) is 0 Å². The number of rotatable bonds is 10. The third-order valence-electron chi connectivity index (χ3n) is 4.85. The lowest BCUT2D eigenvalue weighted by Gasteiger charge is -2.28. The quantitative estimate of drug-likeness (QED) is 0.531. The number of anilines is 1. The van der Waals surface area contributed by atoms with Gasteiger partial charge in [-0.3, -0.25) is 9.36 Å². The molecule has 9 nitrogen and oxygen atoms in total. The summed E-state index contributed by atoms with van der Waals surface area (Å²) in [7, 11) is 0. The number of hydrogen-bond donors (Lipinski definition) is 2. The Morgan fingerprint density at radius 1 is 1.19 bits per heavy atom. The van der Waals surface area contributed by atoms with Gasteiger partial charge in [0.1, 0.15) is 6.04 Å². The lowest BCUT2D eigenvalue weighted by Crippen LogP contribution is -2.42. The number of amides is 1. The van der Waals surface area contributed by atoms with Gasteiger partial charge in [-0.25, -0.2) is 4.79 Å². The van der Waals surface area contributed by atoms with Gasteiger partial charge < -0.3 is 20.1 Å². The van der Waals surface area contributed by atoms with E-state index in [-0.39, 0.29) is 17.6 Å². The predicted molar refractivity (Wildman–Crippen MR) is 118 cm³/mol. The number of carboxylic acids is 1. The number of aliphatic carboxylic acids is 1. The maximum absolute atomic E-state index is 12.4. The Bertz CT molecular complexity index is 868. The minimum Gasteiger partial charge on any atom is -0.480 e. The van der Waals surface area contributed by atoms with E-state index < -0.39 is 12.0 Å². The summed E-state index contributed by atoms with van der Waals surface area (Å²) in [6, 6.07) is 9.11. The first-order valence-electron chi connectivity index (χ1n) is 10.4. The zero-order chi connectivity index (χ0) is 22.2. The Labute approximate surface area is 186 Å². The fourth-order valence-electron chi connectivity index (χ4n) is 3.35. The number of aromatic nitrogens is 3. The van der Waals surface area contributed by atoms with Gasteiger partial charge in [-0.1, -0.05) is 55.9 Å². The van der Waals surface area contributed by atoms with E-state index in [4.69, 9.17) is 4.74 Å². The highest BCUT2D eigenvalue weighted by Gasteiger charge is 2.24. The molecule has 168 valence electrons. The van der Waals surface area contributed by atoms with Crippen molar-refractivity contribution >= 4 is 29.6 Å². The molecule has 31 heavy (non-hydrogen) atoms. The van der Waals surface area contributed by atoms with Crippen molar-refractivity contribution < 1.29 is 19.4 Å². The van der Waals surface area contributed by atoms with E-state index in [1.165, 1.54) is 11.8 Å². The van der Waals surface area contributed by atoms with E-state index in [1.807, 2.05) is 48.7 Å². The number of carbonyl (C=O) groups excluding carboxylic acids is 1. The van der Waals surface area contributed by atoms with Crippen molar-refractivity contribution in [1.29, 1.82) is 0 Å². The van der Waals surface area contributed by atoms with Crippen molar-refractivity contribution in [3.63, 3.8) is 0 Å². The number of nitrogens with one attached hydrogen (secondary N) is 1. The third kappa shape index (κ3) is 6.70. The molecule has 1 aromatic carbocycles. The monoisotopic (exact) mass is 447 g/mol. The first-order valence-corrected chi connectivity index (χ1v) is 11.4. The summed E-state index contributed by atoms with van der Waals surface area (Å²) in [6.07, 6.45) is 0.386. The topological polar surface area (TPSA) is 110 Å². The molecule has 2 heterocycles. The number of carboxylic acid groups (broad SMARTS) is 1. The zero-order valence-corrected chi connectivity index (χ0v) is 18.7. The molecule has 1 atom stereocenters. The molecule has 2 aromatic rings. The molecule has 3 rings (SSSR count). The first kappa shape index (κ1) is 23.1. The number of ether oxygens (including phenoxy) is 1. The van der Waals surface area contributed by atoms with Crippen molar-refractivity contribution in [2.45, 2.75) is 38.0 Å². The second-order valence-electron chi connectivity index (χ2n) is 7.83. The Hall–Kier alpha value is -2.59. The van der Waals surface area contributed by atoms with Crippen LogP contribution in [-0.4, -0.2) is 69.8 Å². The third-order valence-corrected chi connectivity index (χ3v) is 5.81. The van der Waals surface area contributed by atoms with Gasteiger partial charge in [-0.05, 0) is 17.9 Å². The number of morpholine rings is 1.